The molecule has 0 radical (unpaired) electrons. The third-order valence-electron chi connectivity index (χ3n) is 3.94. The molecule has 0 unspecified atom stereocenters. The molecule has 10 heteroatoms. The van der Waals surface area contributed by atoms with Crippen LogP contribution in [0.3, 0.4) is 0 Å². The zero-order valence-electron chi connectivity index (χ0n) is 14.4. The highest BCUT2D eigenvalue weighted by Crippen LogP contribution is 2.21. The molecule has 0 bridgehead atoms. The zero-order chi connectivity index (χ0) is 20.0. The Hall–Kier alpha value is -2.85. The predicted molar refractivity (Wildman–Crippen MR) is 97.9 cm³/mol. The standard InChI is InChI=1S/C17H16N2O6S2/c1-12-3-7-14(8-4-12)26(22,23)18-11-16(20)19(17(18)21)27(24,25)15-9-5-13(2)6-10-15/h3-11,20H,1-2H3. The van der Waals surface area contributed by atoms with Gasteiger partial charge in [0.25, 0.3) is 20.0 Å². The fourth-order valence-corrected chi connectivity index (χ4v) is 4.99. The normalized spacial score (nSPS) is 12.2. The van der Waals surface area contributed by atoms with Crippen molar-refractivity contribution in [1.29, 1.82) is 0 Å². The van der Waals surface area contributed by atoms with E-state index in [1.165, 1.54) is 48.5 Å². The summed E-state index contributed by atoms with van der Waals surface area (Å²) in [4.78, 5) is 12.1. The van der Waals surface area contributed by atoms with E-state index >= 15 is 0 Å². The maximum atomic E-state index is 12.7. The van der Waals surface area contributed by atoms with Crippen LogP contribution in [0, 0.1) is 13.8 Å². The van der Waals surface area contributed by atoms with Crippen molar-refractivity contribution in [2.24, 2.45) is 0 Å². The van der Waals surface area contributed by atoms with Gasteiger partial charge in [-0.3, -0.25) is 0 Å². The first-order valence-corrected chi connectivity index (χ1v) is 10.6. The van der Waals surface area contributed by atoms with E-state index in [1.54, 1.807) is 13.8 Å². The highest BCUT2D eigenvalue weighted by atomic mass is 32.2. The molecule has 8 nitrogen and oxygen atoms in total. The molecule has 0 aliphatic rings. The fourth-order valence-electron chi connectivity index (χ4n) is 2.44. The van der Waals surface area contributed by atoms with Gasteiger partial charge < -0.3 is 5.11 Å². The van der Waals surface area contributed by atoms with Crippen LogP contribution < -0.4 is 5.69 Å². The molecule has 3 aromatic rings. The Morgan fingerprint density at radius 3 is 1.59 bits per heavy atom. The number of hydrogen-bond donors (Lipinski definition) is 1. The van der Waals surface area contributed by atoms with Crippen LogP contribution in [0.15, 0.2) is 69.3 Å². The summed E-state index contributed by atoms with van der Waals surface area (Å²) >= 11 is 0. The second-order valence-electron chi connectivity index (χ2n) is 5.97. The number of hydrogen-bond acceptors (Lipinski definition) is 6. The van der Waals surface area contributed by atoms with E-state index in [-0.39, 0.29) is 17.7 Å². The van der Waals surface area contributed by atoms with E-state index < -0.39 is 31.6 Å². The first-order valence-electron chi connectivity index (χ1n) is 7.73. The van der Waals surface area contributed by atoms with Crippen molar-refractivity contribution in [1.82, 2.24) is 7.94 Å². The average Bonchev–Trinajstić information content (AvgIpc) is 2.91. The van der Waals surface area contributed by atoms with Gasteiger partial charge in [0, 0.05) is 0 Å². The summed E-state index contributed by atoms with van der Waals surface area (Å²) in [5.74, 6) is -1.00. The number of aromatic hydroxyl groups is 1. The quantitative estimate of drug-likeness (QED) is 0.699. The van der Waals surface area contributed by atoms with Crippen molar-refractivity contribution in [3.05, 3.63) is 76.3 Å². The predicted octanol–water partition coefficient (Wildman–Crippen LogP) is 1.45. The van der Waals surface area contributed by atoms with Gasteiger partial charge in [-0.05, 0) is 38.1 Å². The SMILES string of the molecule is Cc1ccc(S(=O)(=O)n2cc(O)n(S(=O)(=O)c3ccc(C)cc3)c2=O)cc1. The van der Waals surface area contributed by atoms with Crippen LogP contribution in [0.5, 0.6) is 5.88 Å². The Bertz CT molecular complexity index is 1270. The molecule has 0 atom stereocenters. The molecule has 0 spiro atoms. The zero-order valence-corrected chi connectivity index (χ0v) is 16.0. The molecule has 3 rings (SSSR count). The Morgan fingerprint density at radius 1 is 0.741 bits per heavy atom. The minimum atomic E-state index is -4.48. The van der Waals surface area contributed by atoms with Crippen molar-refractivity contribution in [3.63, 3.8) is 0 Å². The minimum absolute atomic E-state index is 0.0589. The highest BCUT2D eigenvalue weighted by Gasteiger charge is 2.30. The molecule has 2 aromatic carbocycles. The molecule has 142 valence electrons. The van der Waals surface area contributed by atoms with Gasteiger partial charge in [-0.2, -0.15) is 3.97 Å². The number of nitrogens with zero attached hydrogens (tertiary/aromatic N) is 2. The van der Waals surface area contributed by atoms with Crippen molar-refractivity contribution < 1.29 is 21.9 Å². The van der Waals surface area contributed by atoms with Gasteiger partial charge in [-0.15, -0.1) is 3.97 Å². The van der Waals surface area contributed by atoms with Gasteiger partial charge in [0.05, 0.1) is 16.0 Å². The highest BCUT2D eigenvalue weighted by molar-refractivity contribution is 7.90. The molecule has 0 aliphatic heterocycles. The number of benzene rings is 2. The third-order valence-corrected chi connectivity index (χ3v) is 7.28. The Morgan fingerprint density at radius 2 is 1.15 bits per heavy atom. The summed E-state index contributed by atoms with van der Waals surface area (Å²) in [6, 6.07) is 11.2. The molecular formula is C17H16N2O6S2. The van der Waals surface area contributed by atoms with Crippen LogP contribution in [0.4, 0.5) is 0 Å². The van der Waals surface area contributed by atoms with Gasteiger partial charge in [0.2, 0.25) is 5.88 Å². The Labute approximate surface area is 156 Å². The number of rotatable bonds is 4. The minimum Gasteiger partial charge on any atom is -0.493 e. The smallest absolute Gasteiger partial charge is 0.359 e. The maximum absolute atomic E-state index is 12.7. The summed E-state index contributed by atoms with van der Waals surface area (Å²) in [6.45, 7) is 3.52. The summed E-state index contributed by atoms with van der Waals surface area (Å²) in [5.41, 5.74) is 0.197. The number of aryl methyl sites for hydroxylation is 2. The first-order chi connectivity index (χ1) is 12.5. The summed E-state index contributed by atoms with van der Waals surface area (Å²) in [6.07, 6.45) is 0.573. The molecule has 1 N–H and O–H groups in total. The second-order valence-corrected chi connectivity index (χ2v) is 9.57. The van der Waals surface area contributed by atoms with E-state index in [0.29, 0.717) is 6.20 Å². The Kier molecular flexibility index (Phi) is 4.48. The van der Waals surface area contributed by atoms with Gasteiger partial charge in [0.1, 0.15) is 0 Å². The Balaban J connectivity index is 2.20. The molecule has 0 fully saturated rings. The lowest BCUT2D eigenvalue weighted by Gasteiger charge is -2.06. The lowest BCUT2D eigenvalue weighted by atomic mass is 10.2. The maximum Gasteiger partial charge on any atom is 0.359 e. The monoisotopic (exact) mass is 408 g/mol. The second kappa shape index (κ2) is 6.39. The lowest BCUT2D eigenvalue weighted by molar-refractivity contribution is 0.443. The largest absolute Gasteiger partial charge is 0.493 e. The van der Waals surface area contributed by atoms with E-state index in [9.17, 15) is 26.7 Å². The third kappa shape index (κ3) is 3.17. The van der Waals surface area contributed by atoms with Crippen molar-refractivity contribution in [2.75, 3.05) is 0 Å². The average molecular weight is 408 g/mol. The van der Waals surface area contributed by atoms with Gasteiger partial charge in [-0.1, -0.05) is 35.4 Å². The van der Waals surface area contributed by atoms with Crippen LogP contribution in [0.25, 0.3) is 0 Å². The molecule has 27 heavy (non-hydrogen) atoms. The number of imidazole rings is 1. The number of aromatic nitrogens is 2. The lowest BCUT2D eigenvalue weighted by Crippen LogP contribution is -2.32. The summed E-state index contributed by atoms with van der Waals surface area (Å²) in [5, 5.41) is 10.0. The fraction of sp³-hybridized carbons (Fsp3) is 0.118. The van der Waals surface area contributed by atoms with E-state index in [1.807, 2.05) is 0 Å². The molecule has 1 heterocycles. The van der Waals surface area contributed by atoms with Crippen LogP contribution in [-0.4, -0.2) is 29.9 Å². The van der Waals surface area contributed by atoms with Crippen LogP contribution in [0.1, 0.15) is 11.1 Å². The topological polar surface area (TPSA) is 115 Å². The molecule has 0 amide bonds. The molecule has 1 aromatic heterocycles. The summed E-state index contributed by atoms with van der Waals surface area (Å²) in [7, 11) is -8.85. The van der Waals surface area contributed by atoms with Gasteiger partial charge in [-0.25, -0.2) is 21.6 Å². The van der Waals surface area contributed by atoms with E-state index in [4.69, 9.17) is 0 Å². The molecule has 0 saturated carbocycles. The van der Waals surface area contributed by atoms with Crippen LogP contribution in [-0.2, 0) is 20.0 Å². The van der Waals surface area contributed by atoms with Crippen molar-refractivity contribution in [3.8, 4) is 5.88 Å². The first kappa shape index (κ1) is 18.9. The van der Waals surface area contributed by atoms with Gasteiger partial charge >= 0.3 is 5.69 Å². The molecular weight excluding hydrogens is 392 g/mol. The summed E-state index contributed by atoms with van der Waals surface area (Å²) < 4.78 is 51.0. The van der Waals surface area contributed by atoms with Crippen LogP contribution >= 0.6 is 0 Å². The molecule has 0 saturated heterocycles. The van der Waals surface area contributed by atoms with Crippen molar-refractivity contribution in [2.45, 2.75) is 23.6 Å². The van der Waals surface area contributed by atoms with Crippen molar-refractivity contribution >= 4 is 20.0 Å². The van der Waals surface area contributed by atoms with E-state index in [2.05, 4.69) is 0 Å². The van der Waals surface area contributed by atoms with Crippen LogP contribution in [0.2, 0.25) is 0 Å². The van der Waals surface area contributed by atoms with E-state index in [0.717, 1.165) is 11.1 Å². The van der Waals surface area contributed by atoms with Gasteiger partial charge in [0.15, 0.2) is 0 Å². The molecule has 0 aliphatic carbocycles.